The van der Waals surface area contributed by atoms with Gasteiger partial charge in [-0.15, -0.1) is 0 Å². The van der Waals surface area contributed by atoms with Crippen LogP contribution in [0.4, 0.5) is 11.6 Å². The molecule has 2 aromatic carbocycles. The topological polar surface area (TPSA) is 101 Å². The molecule has 0 unspecified atom stereocenters. The Morgan fingerprint density at radius 3 is 2.57 bits per heavy atom. The number of amides is 1. The molecular formula is C20H19N5O3. The molecule has 1 aliphatic heterocycles. The first kappa shape index (κ1) is 17.6. The van der Waals surface area contributed by atoms with Gasteiger partial charge in [-0.1, -0.05) is 12.1 Å². The molecule has 3 aromatic rings. The molecular weight excluding hydrogens is 358 g/mol. The van der Waals surface area contributed by atoms with Gasteiger partial charge in [-0.05, 0) is 48.9 Å². The Kier molecular flexibility index (Phi) is 4.44. The highest BCUT2D eigenvalue weighted by Crippen LogP contribution is 2.35. The van der Waals surface area contributed by atoms with Gasteiger partial charge < -0.3 is 20.5 Å². The van der Waals surface area contributed by atoms with E-state index >= 15 is 0 Å². The van der Waals surface area contributed by atoms with Crippen LogP contribution < -0.4 is 15.4 Å². The molecule has 2 heterocycles. The van der Waals surface area contributed by atoms with E-state index in [-0.39, 0.29) is 11.7 Å². The number of fused-ring (bicyclic) bond motifs is 1. The summed E-state index contributed by atoms with van der Waals surface area (Å²) in [6, 6.07) is 13.3. The molecule has 0 bridgehead atoms. The predicted octanol–water partition coefficient (Wildman–Crippen LogP) is 2.92. The number of nitrogens with one attached hydrogen (secondary N) is 2. The number of allylic oxidation sites excluding steroid dienone is 1. The van der Waals surface area contributed by atoms with E-state index in [9.17, 15) is 9.90 Å². The number of carbonyl (C=O) groups is 1. The highest BCUT2D eigenvalue weighted by atomic mass is 16.5. The van der Waals surface area contributed by atoms with Crippen molar-refractivity contribution in [2.75, 3.05) is 17.7 Å². The lowest BCUT2D eigenvalue weighted by Crippen LogP contribution is -2.31. The largest absolute Gasteiger partial charge is 0.508 e. The van der Waals surface area contributed by atoms with Crippen LogP contribution in [0, 0.1) is 0 Å². The van der Waals surface area contributed by atoms with Crippen molar-refractivity contribution in [1.29, 1.82) is 0 Å². The first-order valence-corrected chi connectivity index (χ1v) is 8.68. The molecule has 0 saturated carbocycles. The van der Waals surface area contributed by atoms with Crippen molar-refractivity contribution < 1.29 is 14.6 Å². The fourth-order valence-corrected chi connectivity index (χ4v) is 3.22. The van der Waals surface area contributed by atoms with Crippen molar-refractivity contribution in [3.8, 4) is 11.5 Å². The molecule has 0 aliphatic carbocycles. The van der Waals surface area contributed by atoms with Crippen LogP contribution in [0.25, 0.3) is 0 Å². The van der Waals surface area contributed by atoms with Crippen LogP contribution in [0.1, 0.15) is 18.5 Å². The Hall–Kier alpha value is -3.81. The van der Waals surface area contributed by atoms with Crippen LogP contribution in [-0.2, 0) is 4.79 Å². The Labute approximate surface area is 161 Å². The van der Waals surface area contributed by atoms with Crippen LogP contribution in [-0.4, -0.2) is 32.9 Å². The zero-order chi connectivity index (χ0) is 19.7. The van der Waals surface area contributed by atoms with E-state index in [0.717, 1.165) is 5.56 Å². The quantitative estimate of drug-likeness (QED) is 0.646. The van der Waals surface area contributed by atoms with Gasteiger partial charge in [0.05, 0.1) is 12.7 Å². The van der Waals surface area contributed by atoms with E-state index in [2.05, 4.69) is 20.7 Å². The normalized spacial score (nSPS) is 15.6. The zero-order valence-electron chi connectivity index (χ0n) is 15.4. The molecule has 1 aliphatic rings. The smallest absolute Gasteiger partial charge is 0.255 e. The number of aromatic hydroxyl groups is 1. The minimum Gasteiger partial charge on any atom is -0.508 e. The summed E-state index contributed by atoms with van der Waals surface area (Å²) in [5.74, 6) is 1.16. The second-order valence-electron chi connectivity index (χ2n) is 6.37. The lowest BCUT2D eigenvalue weighted by molar-refractivity contribution is -0.113. The summed E-state index contributed by atoms with van der Waals surface area (Å²) in [6.45, 7) is 1.83. The highest BCUT2D eigenvalue weighted by molar-refractivity contribution is 6.06. The fourth-order valence-electron chi connectivity index (χ4n) is 3.22. The maximum Gasteiger partial charge on any atom is 0.255 e. The third-order valence-corrected chi connectivity index (χ3v) is 4.60. The van der Waals surface area contributed by atoms with Gasteiger partial charge in [0.15, 0.2) is 0 Å². The van der Waals surface area contributed by atoms with Gasteiger partial charge in [0.2, 0.25) is 5.95 Å². The lowest BCUT2D eigenvalue weighted by atomic mass is 9.95. The van der Waals surface area contributed by atoms with Gasteiger partial charge >= 0.3 is 0 Å². The number of hydrogen-bond acceptors (Lipinski definition) is 6. The van der Waals surface area contributed by atoms with E-state index in [1.165, 1.54) is 6.33 Å². The van der Waals surface area contributed by atoms with E-state index < -0.39 is 6.04 Å². The number of methoxy groups -OCH3 is 1. The molecule has 142 valence electrons. The number of carbonyl (C=O) groups excluding carboxylic acids is 1. The Bertz CT molecular complexity index is 1040. The zero-order valence-corrected chi connectivity index (χ0v) is 15.4. The van der Waals surface area contributed by atoms with Crippen LogP contribution in [0.15, 0.2) is 66.1 Å². The molecule has 4 rings (SSSR count). The number of hydrogen-bond donors (Lipinski definition) is 3. The summed E-state index contributed by atoms with van der Waals surface area (Å²) in [5, 5.41) is 20.0. The summed E-state index contributed by atoms with van der Waals surface area (Å²) in [4.78, 5) is 17.4. The van der Waals surface area contributed by atoms with Crippen LogP contribution >= 0.6 is 0 Å². The van der Waals surface area contributed by atoms with Crippen molar-refractivity contribution in [2.45, 2.75) is 13.0 Å². The number of phenolic OH excluding ortho intramolecular Hbond substituents is 1. The number of aromatic nitrogens is 3. The summed E-state index contributed by atoms with van der Waals surface area (Å²) in [6.07, 6.45) is 1.44. The van der Waals surface area contributed by atoms with Gasteiger partial charge in [-0.3, -0.25) is 4.79 Å². The first-order chi connectivity index (χ1) is 13.6. The molecule has 0 spiro atoms. The number of benzene rings is 2. The third-order valence-electron chi connectivity index (χ3n) is 4.60. The highest BCUT2D eigenvalue weighted by Gasteiger charge is 2.33. The minimum absolute atomic E-state index is 0.154. The van der Waals surface area contributed by atoms with Gasteiger partial charge in [0.1, 0.15) is 23.9 Å². The number of anilines is 2. The van der Waals surface area contributed by atoms with E-state index in [1.807, 2.05) is 6.92 Å². The standard InChI is InChI=1S/C20H19N5O3/c1-12-17(19(27)24-14-5-9-16(28-2)10-6-14)18(13-3-7-15(26)8-4-13)25-20(23-12)21-11-22-25/h3-11,18,26H,1-2H3,(H,24,27)(H,21,22,23)/t18-/m1/s1. The number of nitrogens with zero attached hydrogens (tertiary/aromatic N) is 3. The minimum atomic E-state index is -0.474. The van der Waals surface area contributed by atoms with E-state index in [0.29, 0.717) is 28.7 Å². The van der Waals surface area contributed by atoms with Crippen LogP contribution in [0.5, 0.6) is 11.5 Å². The lowest BCUT2D eigenvalue weighted by Gasteiger charge is -2.28. The molecule has 0 fully saturated rings. The Balaban J connectivity index is 1.71. The average Bonchev–Trinajstić information content (AvgIpc) is 3.16. The molecule has 8 heteroatoms. The summed E-state index contributed by atoms with van der Waals surface area (Å²) in [7, 11) is 1.59. The average molecular weight is 377 g/mol. The summed E-state index contributed by atoms with van der Waals surface area (Å²) in [5.41, 5.74) is 2.66. The summed E-state index contributed by atoms with van der Waals surface area (Å²) >= 11 is 0. The van der Waals surface area contributed by atoms with Crippen molar-refractivity contribution in [3.05, 3.63) is 71.7 Å². The van der Waals surface area contributed by atoms with Gasteiger partial charge in [0.25, 0.3) is 5.91 Å². The monoisotopic (exact) mass is 377 g/mol. The van der Waals surface area contributed by atoms with E-state index in [4.69, 9.17) is 4.74 Å². The Morgan fingerprint density at radius 2 is 1.89 bits per heavy atom. The molecule has 3 N–H and O–H groups in total. The molecule has 0 radical (unpaired) electrons. The van der Waals surface area contributed by atoms with Crippen molar-refractivity contribution in [2.24, 2.45) is 0 Å². The second-order valence-corrected chi connectivity index (χ2v) is 6.37. The molecule has 1 atom stereocenters. The molecule has 28 heavy (non-hydrogen) atoms. The van der Waals surface area contributed by atoms with Crippen LogP contribution in [0.2, 0.25) is 0 Å². The summed E-state index contributed by atoms with van der Waals surface area (Å²) < 4.78 is 6.81. The van der Waals surface area contributed by atoms with Crippen LogP contribution in [0.3, 0.4) is 0 Å². The number of phenols is 1. The molecule has 1 amide bonds. The first-order valence-electron chi connectivity index (χ1n) is 8.68. The number of rotatable bonds is 4. The van der Waals surface area contributed by atoms with Crippen molar-refractivity contribution in [3.63, 3.8) is 0 Å². The maximum absolute atomic E-state index is 13.2. The van der Waals surface area contributed by atoms with Gasteiger partial charge in [0, 0.05) is 11.4 Å². The molecule has 0 saturated heterocycles. The van der Waals surface area contributed by atoms with E-state index in [1.54, 1.807) is 60.3 Å². The fraction of sp³-hybridized carbons (Fsp3) is 0.150. The van der Waals surface area contributed by atoms with Gasteiger partial charge in [-0.25, -0.2) is 4.68 Å². The number of ether oxygens (including phenoxy) is 1. The Morgan fingerprint density at radius 1 is 1.18 bits per heavy atom. The van der Waals surface area contributed by atoms with Crippen molar-refractivity contribution >= 4 is 17.5 Å². The molecule has 8 nitrogen and oxygen atoms in total. The van der Waals surface area contributed by atoms with Gasteiger partial charge in [-0.2, -0.15) is 10.1 Å². The third kappa shape index (κ3) is 3.16. The maximum atomic E-state index is 13.2. The second kappa shape index (κ2) is 7.07. The predicted molar refractivity (Wildman–Crippen MR) is 104 cm³/mol. The molecule has 1 aromatic heterocycles. The SMILES string of the molecule is COc1ccc(NC(=O)C2=C(C)Nc3ncnn3[C@@H]2c2ccc(O)cc2)cc1. The van der Waals surface area contributed by atoms with Crippen molar-refractivity contribution in [1.82, 2.24) is 14.8 Å².